The van der Waals surface area contributed by atoms with Gasteiger partial charge in [-0.25, -0.2) is 0 Å². The molecule has 1 aromatic carbocycles. The monoisotopic (exact) mass is 276 g/mol. The maximum atomic E-state index is 11.0. The highest BCUT2D eigenvalue weighted by atomic mass is 16.6. The molecule has 20 heavy (non-hydrogen) atoms. The average molecular weight is 276 g/mol. The van der Waals surface area contributed by atoms with Gasteiger partial charge in [0.2, 0.25) is 0 Å². The van der Waals surface area contributed by atoms with Crippen molar-refractivity contribution >= 4 is 5.69 Å². The number of nitro groups is 1. The highest BCUT2D eigenvalue weighted by Gasteiger charge is 2.18. The van der Waals surface area contributed by atoms with Gasteiger partial charge in [0.1, 0.15) is 0 Å². The number of benzene rings is 1. The first-order valence-electron chi connectivity index (χ1n) is 7.59. The number of nitrogens with zero attached hydrogens (tertiary/aromatic N) is 1. The number of rotatable bonds is 4. The van der Waals surface area contributed by atoms with E-state index in [4.69, 9.17) is 0 Å². The molecule has 1 saturated carbocycles. The topological polar surface area (TPSA) is 55.2 Å². The lowest BCUT2D eigenvalue weighted by Gasteiger charge is -2.22. The molecule has 4 heteroatoms. The summed E-state index contributed by atoms with van der Waals surface area (Å²) in [5, 5.41) is 14.7. The Morgan fingerprint density at radius 3 is 2.50 bits per heavy atom. The van der Waals surface area contributed by atoms with Gasteiger partial charge >= 0.3 is 0 Å². The van der Waals surface area contributed by atoms with E-state index in [1.165, 1.54) is 38.5 Å². The first-order chi connectivity index (χ1) is 9.58. The maximum Gasteiger partial charge on any atom is 0.272 e. The van der Waals surface area contributed by atoms with Crippen LogP contribution in [0.3, 0.4) is 0 Å². The van der Waals surface area contributed by atoms with Crippen molar-refractivity contribution in [2.75, 3.05) is 0 Å². The summed E-state index contributed by atoms with van der Waals surface area (Å²) in [6.45, 7) is 3.88. The Bertz CT molecular complexity index is 466. The zero-order valence-corrected chi connectivity index (χ0v) is 12.4. The quantitative estimate of drug-likeness (QED) is 0.507. The highest BCUT2D eigenvalue weighted by molar-refractivity contribution is 5.43. The Kier molecular flexibility index (Phi) is 5.12. The van der Waals surface area contributed by atoms with Gasteiger partial charge in [-0.3, -0.25) is 10.1 Å². The average Bonchev–Trinajstić information content (AvgIpc) is 2.67. The van der Waals surface area contributed by atoms with Crippen molar-refractivity contribution in [2.24, 2.45) is 0 Å². The molecule has 0 aromatic heterocycles. The molecule has 0 bridgehead atoms. The summed E-state index contributed by atoms with van der Waals surface area (Å²) in [6.07, 6.45) is 7.69. The van der Waals surface area contributed by atoms with Gasteiger partial charge in [-0.2, -0.15) is 0 Å². The van der Waals surface area contributed by atoms with Crippen LogP contribution in [0.2, 0.25) is 0 Å². The minimum Gasteiger partial charge on any atom is -0.307 e. The van der Waals surface area contributed by atoms with E-state index in [2.05, 4.69) is 12.2 Å². The minimum absolute atomic E-state index is 0.164. The van der Waals surface area contributed by atoms with Crippen LogP contribution in [-0.2, 0) is 0 Å². The first kappa shape index (κ1) is 15.0. The fraction of sp³-hybridized carbons (Fsp3) is 0.625. The fourth-order valence-electron chi connectivity index (χ4n) is 2.99. The van der Waals surface area contributed by atoms with Crippen molar-refractivity contribution in [1.29, 1.82) is 0 Å². The molecule has 4 nitrogen and oxygen atoms in total. The Morgan fingerprint density at radius 1 is 1.25 bits per heavy atom. The lowest BCUT2D eigenvalue weighted by atomic mass is 10.0. The lowest BCUT2D eigenvalue weighted by molar-refractivity contribution is -0.385. The fourth-order valence-corrected chi connectivity index (χ4v) is 2.99. The second-order valence-corrected chi connectivity index (χ2v) is 5.88. The van der Waals surface area contributed by atoms with Crippen LogP contribution < -0.4 is 5.32 Å². The van der Waals surface area contributed by atoms with Crippen molar-refractivity contribution in [1.82, 2.24) is 5.32 Å². The van der Waals surface area contributed by atoms with Crippen molar-refractivity contribution in [2.45, 2.75) is 64.5 Å². The Morgan fingerprint density at radius 2 is 1.90 bits per heavy atom. The molecule has 0 spiro atoms. The minimum atomic E-state index is -0.294. The van der Waals surface area contributed by atoms with Crippen LogP contribution >= 0.6 is 0 Å². The van der Waals surface area contributed by atoms with Crippen LogP contribution in [0.15, 0.2) is 18.2 Å². The van der Waals surface area contributed by atoms with Crippen molar-refractivity contribution < 1.29 is 4.92 Å². The molecule has 1 aliphatic carbocycles. The molecule has 0 heterocycles. The highest BCUT2D eigenvalue weighted by Crippen LogP contribution is 2.25. The van der Waals surface area contributed by atoms with E-state index in [9.17, 15) is 10.1 Å². The van der Waals surface area contributed by atoms with Crippen LogP contribution in [0.5, 0.6) is 0 Å². The van der Waals surface area contributed by atoms with Crippen molar-refractivity contribution in [3.05, 3.63) is 39.4 Å². The van der Waals surface area contributed by atoms with Crippen LogP contribution in [0.4, 0.5) is 5.69 Å². The van der Waals surface area contributed by atoms with E-state index in [0.29, 0.717) is 6.04 Å². The molecule has 1 N–H and O–H groups in total. The van der Waals surface area contributed by atoms with Gasteiger partial charge in [-0.05, 0) is 32.3 Å². The predicted octanol–water partition coefficient (Wildman–Crippen LogP) is 4.28. The summed E-state index contributed by atoms with van der Waals surface area (Å²) < 4.78 is 0. The molecule has 0 amide bonds. The molecule has 1 aromatic rings. The molecule has 1 aliphatic rings. The molecule has 1 fully saturated rings. The molecule has 110 valence electrons. The molecule has 0 saturated heterocycles. The number of nitro benzene ring substituents is 1. The summed E-state index contributed by atoms with van der Waals surface area (Å²) in [7, 11) is 0. The second kappa shape index (κ2) is 6.84. The van der Waals surface area contributed by atoms with Crippen LogP contribution in [-0.4, -0.2) is 11.0 Å². The Balaban J connectivity index is 2.06. The van der Waals surface area contributed by atoms with Gasteiger partial charge in [0.15, 0.2) is 0 Å². The first-order valence-corrected chi connectivity index (χ1v) is 7.59. The standard InChI is InChI=1S/C16H24N2O2/c1-12-9-10-14(11-16(12)18(19)20)13(2)17-15-7-5-3-4-6-8-15/h9-11,13,15,17H,3-8H2,1-2H3. The number of nitrogens with one attached hydrogen (secondary N) is 1. The molecule has 0 aliphatic heterocycles. The lowest BCUT2D eigenvalue weighted by Crippen LogP contribution is -2.31. The summed E-state index contributed by atoms with van der Waals surface area (Å²) in [6, 6.07) is 6.27. The van der Waals surface area contributed by atoms with E-state index in [1.807, 2.05) is 12.1 Å². The largest absolute Gasteiger partial charge is 0.307 e. The molecule has 1 atom stereocenters. The van der Waals surface area contributed by atoms with E-state index in [1.54, 1.807) is 13.0 Å². The van der Waals surface area contributed by atoms with E-state index in [0.717, 1.165) is 11.1 Å². The van der Waals surface area contributed by atoms with E-state index < -0.39 is 0 Å². The third kappa shape index (κ3) is 3.79. The summed E-state index contributed by atoms with van der Waals surface area (Å²) in [5.41, 5.74) is 1.95. The van der Waals surface area contributed by atoms with Gasteiger partial charge < -0.3 is 5.32 Å². The van der Waals surface area contributed by atoms with E-state index in [-0.39, 0.29) is 16.7 Å². The Labute approximate surface area is 120 Å². The zero-order valence-electron chi connectivity index (χ0n) is 12.4. The van der Waals surface area contributed by atoms with Crippen molar-refractivity contribution in [3.63, 3.8) is 0 Å². The van der Waals surface area contributed by atoms with Gasteiger partial charge in [-0.15, -0.1) is 0 Å². The van der Waals surface area contributed by atoms with Crippen molar-refractivity contribution in [3.8, 4) is 0 Å². The molecular formula is C16H24N2O2. The number of hydrogen-bond acceptors (Lipinski definition) is 3. The molecular weight excluding hydrogens is 252 g/mol. The SMILES string of the molecule is Cc1ccc(C(C)NC2CCCCCC2)cc1[N+](=O)[O-]. The van der Waals surface area contributed by atoms with Crippen LogP contribution in [0.25, 0.3) is 0 Å². The van der Waals surface area contributed by atoms with Gasteiger partial charge in [0, 0.05) is 23.7 Å². The van der Waals surface area contributed by atoms with Gasteiger partial charge in [0.25, 0.3) is 5.69 Å². The van der Waals surface area contributed by atoms with Gasteiger partial charge in [0.05, 0.1) is 4.92 Å². The number of hydrogen-bond donors (Lipinski definition) is 1. The Hall–Kier alpha value is -1.42. The van der Waals surface area contributed by atoms with Crippen LogP contribution in [0.1, 0.15) is 62.6 Å². The molecule has 2 rings (SSSR count). The molecule has 0 radical (unpaired) electrons. The van der Waals surface area contributed by atoms with E-state index >= 15 is 0 Å². The van der Waals surface area contributed by atoms with Gasteiger partial charge in [-0.1, -0.05) is 37.8 Å². The van der Waals surface area contributed by atoms with Crippen LogP contribution in [0, 0.1) is 17.0 Å². The normalized spacial score (nSPS) is 18.5. The second-order valence-electron chi connectivity index (χ2n) is 5.88. The third-order valence-electron chi connectivity index (χ3n) is 4.27. The summed E-state index contributed by atoms with van der Waals surface area (Å²) >= 11 is 0. The smallest absolute Gasteiger partial charge is 0.272 e. The predicted molar refractivity (Wildman–Crippen MR) is 80.9 cm³/mol. The molecule has 1 unspecified atom stereocenters. The zero-order chi connectivity index (χ0) is 14.5. The summed E-state index contributed by atoms with van der Waals surface area (Å²) in [4.78, 5) is 10.7. The maximum absolute atomic E-state index is 11.0. The number of aryl methyl sites for hydroxylation is 1. The third-order valence-corrected chi connectivity index (χ3v) is 4.27. The summed E-state index contributed by atoms with van der Waals surface area (Å²) in [5.74, 6) is 0.